The fourth-order valence-electron chi connectivity index (χ4n) is 1.65. The number of hydrogen-bond acceptors (Lipinski definition) is 4. The van der Waals surface area contributed by atoms with Crippen LogP contribution in [0.25, 0.3) is 0 Å². The first-order valence-electron chi connectivity index (χ1n) is 6.26. The minimum absolute atomic E-state index is 0.00788. The van der Waals surface area contributed by atoms with Crippen LogP contribution in [0.4, 0.5) is 0 Å². The minimum atomic E-state index is 0.00788. The van der Waals surface area contributed by atoms with Crippen LogP contribution < -0.4 is 10.6 Å². The van der Waals surface area contributed by atoms with Crippen molar-refractivity contribution in [2.24, 2.45) is 0 Å². The Labute approximate surface area is 116 Å². The zero-order valence-corrected chi connectivity index (χ0v) is 11.5. The molecule has 2 rings (SSSR count). The first-order valence-corrected chi connectivity index (χ1v) is 7.20. The van der Waals surface area contributed by atoms with Crippen molar-refractivity contribution in [3.05, 3.63) is 52.5 Å². The van der Waals surface area contributed by atoms with Gasteiger partial charge in [-0.15, -0.1) is 0 Å². The quantitative estimate of drug-likeness (QED) is 0.760. The summed E-state index contributed by atoms with van der Waals surface area (Å²) >= 11 is 1.53. The van der Waals surface area contributed by atoms with Crippen molar-refractivity contribution in [2.75, 3.05) is 13.1 Å². The van der Waals surface area contributed by atoms with Crippen LogP contribution >= 0.6 is 11.3 Å². The summed E-state index contributed by atoms with van der Waals surface area (Å²) in [4.78, 5) is 15.7. The van der Waals surface area contributed by atoms with Gasteiger partial charge in [-0.05, 0) is 36.0 Å². The Bertz CT molecular complexity index is 485. The second-order valence-corrected chi connectivity index (χ2v) is 4.94. The highest BCUT2D eigenvalue weighted by Crippen LogP contribution is 2.04. The summed E-state index contributed by atoms with van der Waals surface area (Å²) < 4.78 is 0. The molecular formula is C14H17N3OS. The van der Waals surface area contributed by atoms with Crippen LogP contribution in [-0.2, 0) is 6.54 Å². The highest BCUT2D eigenvalue weighted by atomic mass is 32.1. The summed E-state index contributed by atoms with van der Waals surface area (Å²) in [6.45, 7) is 2.37. The molecule has 0 spiro atoms. The zero-order chi connectivity index (χ0) is 13.3. The van der Waals surface area contributed by atoms with E-state index in [1.807, 2.05) is 35.2 Å². The number of carbonyl (C=O) groups excluding carboxylic acids is 1. The van der Waals surface area contributed by atoms with Crippen LogP contribution in [0.2, 0.25) is 0 Å². The average molecular weight is 275 g/mol. The number of thiophene rings is 1. The van der Waals surface area contributed by atoms with E-state index in [9.17, 15) is 4.79 Å². The third-order valence-corrected chi connectivity index (χ3v) is 3.33. The number of nitrogens with one attached hydrogen (secondary N) is 2. The van der Waals surface area contributed by atoms with Crippen molar-refractivity contribution in [1.29, 1.82) is 0 Å². The molecule has 19 heavy (non-hydrogen) atoms. The Morgan fingerprint density at radius 2 is 2.26 bits per heavy atom. The van der Waals surface area contributed by atoms with Crippen LogP contribution in [0.1, 0.15) is 22.3 Å². The van der Waals surface area contributed by atoms with Crippen molar-refractivity contribution in [2.45, 2.75) is 13.0 Å². The van der Waals surface area contributed by atoms with Crippen molar-refractivity contribution >= 4 is 17.2 Å². The second kappa shape index (κ2) is 7.66. The minimum Gasteiger partial charge on any atom is -0.352 e. The van der Waals surface area contributed by atoms with E-state index < -0.39 is 0 Å². The average Bonchev–Trinajstić information content (AvgIpc) is 2.98. The summed E-state index contributed by atoms with van der Waals surface area (Å²) in [7, 11) is 0. The summed E-state index contributed by atoms with van der Waals surface area (Å²) in [5.41, 5.74) is 1.91. The lowest BCUT2D eigenvalue weighted by molar-refractivity contribution is 0.0953. The lowest BCUT2D eigenvalue weighted by Gasteiger charge is -2.05. The standard InChI is InChI=1S/C14H17N3OS/c18-14(13-4-8-19-11-13)17-7-2-6-16-10-12-3-1-5-15-9-12/h1,3-5,8-9,11,16H,2,6-7,10H2,(H,17,18). The molecule has 0 fully saturated rings. The Balaban J connectivity index is 1.54. The predicted octanol–water partition coefficient (Wildman–Crippen LogP) is 2.05. The molecule has 100 valence electrons. The number of amides is 1. The highest BCUT2D eigenvalue weighted by molar-refractivity contribution is 7.08. The number of rotatable bonds is 7. The monoisotopic (exact) mass is 275 g/mol. The van der Waals surface area contributed by atoms with Gasteiger partial charge < -0.3 is 10.6 Å². The van der Waals surface area contributed by atoms with Gasteiger partial charge >= 0.3 is 0 Å². The number of nitrogens with zero attached hydrogens (tertiary/aromatic N) is 1. The van der Waals surface area contributed by atoms with Gasteiger partial charge in [0.1, 0.15) is 0 Å². The van der Waals surface area contributed by atoms with Gasteiger partial charge in [-0.2, -0.15) is 11.3 Å². The summed E-state index contributed by atoms with van der Waals surface area (Å²) in [5.74, 6) is 0.00788. The maximum Gasteiger partial charge on any atom is 0.252 e. The number of hydrogen-bond donors (Lipinski definition) is 2. The predicted molar refractivity (Wildman–Crippen MR) is 77.2 cm³/mol. The third kappa shape index (κ3) is 4.81. The van der Waals surface area contributed by atoms with E-state index >= 15 is 0 Å². The van der Waals surface area contributed by atoms with Gasteiger partial charge in [-0.3, -0.25) is 9.78 Å². The molecular weight excluding hydrogens is 258 g/mol. The topological polar surface area (TPSA) is 54.0 Å². The number of pyridine rings is 1. The molecule has 0 saturated heterocycles. The van der Waals surface area contributed by atoms with E-state index in [-0.39, 0.29) is 5.91 Å². The summed E-state index contributed by atoms with van der Waals surface area (Å²) in [6, 6.07) is 5.80. The molecule has 4 nitrogen and oxygen atoms in total. The zero-order valence-electron chi connectivity index (χ0n) is 10.6. The van der Waals surface area contributed by atoms with Crippen LogP contribution in [0.3, 0.4) is 0 Å². The Morgan fingerprint density at radius 1 is 1.32 bits per heavy atom. The highest BCUT2D eigenvalue weighted by Gasteiger charge is 2.03. The van der Waals surface area contributed by atoms with Crippen molar-refractivity contribution in [3.8, 4) is 0 Å². The molecule has 2 aromatic rings. The van der Waals surface area contributed by atoms with E-state index in [0.717, 1.165) is 25.1 Å². The molecule has 2 aromatic heterocycles. The van der Waals surface area contributed by atoms with Gasteiger partial charge in [-0.1, -0.05) is 6.07 Å². The molecule has 0 aliphatic carbocycles. The molecule has 1 amide bonds. The summed E-state index contributed by atoms with van der Waals surface area (Å²) in [5, 5.41) is 9.98. The smallest absolute Gasteiger partial charge is 0.252 e. The third-order valence-electron chi connectivity index (χ3n) is 2.65. The van der Waals surface area contributed by atoms with Crippen molar-refractivity contribution in [1.82, 2.24) is 15.6 Å². The molecule has 0 aliphatic rings. The molecule has 0 saturated carbocycles. The molecule has 0 radical (unpaired) electrons. The Morgan fingerprint density at radius 3 is 3.00 bits per heavy atom. The first-order chi connectivity index (χ1) is 9.36. The molecule has 0 bridgehead atoms. The van der Waals surface area contributed by atoms with E-state index in [0.29, 0.717) is 6.54 Å². The summed E-state index contributed by atoms with van der Waals surface area (Å²) in [6.07, 6.45) is 4.53. The maximum atomic E-state index is 11.6. The van der Waals surface area contributed by atoms with E-state index in [1.54, 1.807) is 6.20 Å². The van der Waals surface area contributed by atoms with Crippen LogP contribution in [0.5, 0.6) is 0 Å². The van der Waals surface area contributed by atoms with Gasteiger partial charge in [0.2, 0.25) is 0 Å². The Kier molecular flexibility index (Phi) is 5.52. The first kappa shape index (κ1) is 13.7. The molecule has 5 heteroatoms. The van der Waals surface area contributed by atoms with Crippen molar-refractivity contribution < 1.29 is 4.79 Å². The van der Waals surface area contributed by atoms with E-state index in [2.05, 4.69) is 15.6 Å². The Hall–Kier alpha value is -1.72. The fourth-order valence-corrected chi connectivity index (χ4v) is 2.28. The lowest BCUT2D eigenvalue weighted by Crippen LogP contribution is -2.26. The number of carbonyl (C=O) groups is 1. The molecule has 0 aliphatic heterocycles. The SMILES string of the molecule is O=C(NCCCNCc1cccnc1)c1ccsc1. The molecule has 2 heterocycles. The van der Waals surface area contributed by atoms with Gasteiger partial charge in [-0.25, -0.2) is 0 Å². The lowest BCUT2D eigenvalue weighted by atomic mass is 10.3. The van der Waals surface area contributed by atoms with Crippen LogP contribution in [0.15, 0.2) is 41.4 Å². The maximum absolute atomic E-state index is 11.6. The van der Waals surface area contributed by atoms with Gasteiger partial charge in [0, 0.05) is 36.4 Å². The van der Waals surface area contributed by atoms with Crippen LogP contribution in [0, 0.1) is 0 Å². The van der Waals surface area contributed by atoms with E-state index in [1.165, 1.54) is 16.9 Å². The largest absolute Gasteiger partial charge is 0.352 e. The van der Waals surface area contributed by atoms with Gasteiger partial charge in [0.25, 0.3) is 5.91 Å². The number of aromatic nitrogens is 1. The second-order valence-electron chi connectivity index (χ2n) is 4.16. The van der Waals surface area contributed by atoms with Gasteiger partial charge in [0.05, 0.1) is 0 Å². The normalized spacial score (nSPS) is 10.3. The van der Waals surface area contributed by atoms with Crippen LogP contribution in [-0.4, -0.2) is 24.0 Å². The van der Waals surface area contributed by atoms with E-state index in [4.69, 9.17) is 0 Å². The fraction of sp³-hybridized carbons (Fsp3) is 0.286. The van der Waals surface area contributed by atoms with Crippen molar-refractivity contribution in [3.63, 3.8) is 0 Å². The van der Waals surface area contributed by atoms with Gasteiger partial charge in [0.15, 0.2) is 0 Å². The molecule has 0 aromatic carbocycles. The molecule has 0 atom stereocenters. The molecule has 0 unspecified atom stereocenters. The molecule has 2 N–H and O–H groups in total.